The highest BCUT2D eigenvalue weighted by Gasteiger charge is 2.30. The second kappa shape index (κ2) is 12.0. The molecule has 0 aliphatic heterocycles. The van der Waals surface area contributed by atoms with Gasteiger partial charge in [0.2, 0.25) is 21.8 Å². The molecule has 2 aromatic carbocycles. The highest BCUT2D eigenvalue weighted by molar-refractivity contribution is 7.92. The third kappa shape index (κ3) is 7.47. The van der Waals surface area contributed by atoms with Gasteiger partial charge in [-0.05, 0) is 49.1 Å². The molecule has 7 nitrogen and oxygen atoms in total. The van der Waals surface area contributed by atoms with E-state index >= 15 is 0 Å². The normalized spacial score (nSPS) is 12.2. The fraction of sp³-hybridized carbons (Fsp3) is 0.417. The summed E-state index contributed by atoms with van der Waals surface area (Å²) in [6, 6.07) is 13.3. The molecular formula is C24H32ClN3O4S. The Kier molecular flexibility index (Phi) is 9.73. The quantitative estimate of drug-likeness (QED) is 0.518. The molecule has 0 heterocycles. The molecule has 0 radical (unpaired) electrons. The van der Waals surface area contributed by atoms with Crippen LogP contribution in [0.15, 0.2) is 48.5 Å². The predicted molar refractivity (Wildman–Crippen MR) is 133 cm³/mol. The van der Waals surface area contributed by atoms with Gasteiger partial charge in [0.1, 0.15) is 12.6 Å². The van der Waals surface area contributed by atoms with Crippen LogP contribution in [0.1, 0.15) is 38.3 Å². The number of anilines is 1. The SMILES string of the molecule is CCCNC(=O)C(C)N(Cc1ccc(Cl)cc1)C(=O)CN(c1ccccc1CC)S(C)(=O)=O. The van der Waals surface area contributed by atoms with E-state index in [0.29, 0.717) is 23.7 Å². The van der Waals surface area contributed by atoms with Crippen molar-refractivity contribution >= 4 is 39.1 Å². The molecule has 1 N–H and O–H groups in total. The van der Waals surface area contributed by atoms with Crippen LogP contribution >= 0.6 is 11.6 Å². The van der Waals surface area contributed by atoms with Gasteiger partial charge in [0.25, 0.3) is 0 Å². The van der Waals surface area contributed by atoms with Crippen LogP contribution in [-0.2, 0) is 32.6 Å². The number of hydrogen-bond donors (Lipinski definition) is 1. The van der Waals surface area contributed by atoms with Crippen LogP contribution in [0, 0.1) is 0 Å². The number of carbonyl (C=O) groups excluding carboxylic acids is 2. The molecule has 1 unspecified atom stereocenters. The molecule has 0 aromatic heterocycles. The average molecular weight is 494 g/mol. The molecule has 2 rings (SSSR count). The third-order valence-electron chi connectivity index (χ3n) is 5.30. The molecule has 0 aliphatic carbocycles. The van der Waals surface area contributed by atoms with E-state index < -0.39 is 28.5 Å². The van der Waals surface area contributed by atoms with E-state index in [1.807, 2.05) is 26.0 Å². The highest BCUT2D eigenvalue weighted by atomic mass is 35.5. The zero-order valence-corrected chi connectivity index (χ0v) is 21.1. The van der Waals surface area contributed by atoms with Crippen LogP contribution in [-0.4, -0.2) is 50.5 Å². The van der Waals surface area contributed by atoms with Crippen molar-refractivity contribution in [3.8, 4) is 0 Å². The number of para-hydroxylation sites is 1. The lowest BCUT2D eigenvalue weighted by molar-refractivity contribution is -0.139. The summed E-state index contributed by atoms with van der Waals surface area (Å²) < 4.78 is 26.4. The van der Waals surface area contributed by atoms with Crippen molar-refractivity contribution in [1.29, 1.82) is 0 Å². The molecule has 0 saturated carbocycles. The van der Waals surface area contributed by atoms with Crippen LogP contribution < -0.4 is 9.62 Å². The largest absolute Gasteiger partial charge is 0.354 e. The van der Waals surface area contributed by atoms with E-state index in [4.69, 9.17) is 11.6 Å². The molecule has 0 spiro atoms. The number of aryl methyl sites for hydroxylation is 1. The van der Waals surface area contributed by atoms with E-state index in [2.05, 4.69) is 5.32 Å². The highest BCUT2D eigenvalue weighted by Crippen LogP contribution is 2.24. The van der Waals surface area contributed by atoms with E-state index in [9.17, 15) is 18.0 Å². The van der Waals surface area contributed by atoms with Crippen LogP contribution in [0.5, 0.6) is 0 Å². The van der Waals surface area contributed by atoms with Crippen molar-refractivity contribution in [2.24, 2.45) is 0 Å². The van der Waals surface area contributed by atoms with Crippen molar-refractivity contribution in [3.05, 3.63) is 64.7 Å². The summed E-state index contributed by atoms with van der Waals surface area (Å²) in [5, 5.41) is 3.37. The Morgan fingerprint density at radius 3 is 2.27 bits per heavy atom. The topological polar surface area (TPSA) is 86.8 Å². The van der Waals surface area contributed by atoms with E-state index in [-0.39, 0.29) is 12.5 Å². The number of halogens is 1. The minimum absolute atomic E-state index is 0.143. The minimum atomic E-state index is -3.75. The van der Waals surface area contributed by atoms with Gasteiger partial charge in [-0.15, -0.1) is 0 Å². The minimum Gasteiger partial charge on any atom is -0.354 e. The Labute approximate surface area is 201 Å². The summed E-state index contributed by atoms with van der Waals surface area (Å²) in [5.74, 6) is -0.764. The molecule has 1 atom stereocenters. The lowest BCUT2D eigenvalue weighted by atomic mass is 10.1. The van der Waals surface area contributed by atoms with Gasteiger partial charge in [0, 0.05) is 18.1 Å². The molecule has 33 heavy (non-hydrogen) atoms. The Morgan fingerprint density at radius 1 is 1.06 bits per heavy atom. The number of rotatable bonds is 11. The van der Waals surface area contributed by atoms with Gasteiger partial charge in [-0.3, -0.25) is 13.9 Å². The Balaban J connectivity index is 2.39. The van der Waals surface area contributed by atoms with E-state index in [0.717, 1.165) is 28.1 Å². The van der Waals surface area contributed by atoms with Gasteiger partial charge < -0.3 is 10.2 Å². The summed E-state index contributed by atoms with van der Waals surface area (Å²) in [5.41, 5.74) is 2.06. The van der Waals surface area contributed by atoms with Gasteiger partial charge in [-0.25, -0.2) is 8.42 Å². The van der Waals surface area contributed by atoms with Gasteiger partial charge in [-0.2, -0.15) is 0 Å². The summed E-state index contributed by atoms with van der Waals surface area (Å²) >= 11 is 5.98. The summed E-state index contributed by atoms with van der Waals surface area (Å²) in [7, 11) is -3.75. The fourth-order valence-corrected chi connectivity index (χ4v) is 4.42. The smallest absolute Gasteiger partial charge is 0.244 e. The van der Waals surface area contributed by atoms with E-state index in [1.165, 1.54) is 4.90 Å². The third-order valence-corrected chi connectivity index (χ3v) is 6.68. The number of amides is 2. The molecule has 0 fully saturated rings. The number of benzene rings is 2. The lowest BCUT2D eigenvalue weighted by Crippen LogP contribution is -2.51. The molecule has 180 valence electrons. The zero-order chi connectivity index (χ0) is 24.6. The summed E-state index contributed by atoms with van der Waals surface area (Å²) in [6.45, 7) is 5.73. The second-order valence-electron chi connectivity index (χ2n) is 7.87. The average Bonchev–Trinajstić information content (AvgIpc) is 2.79. The first-order valence-corrected chi connectivity index (χ1v) is 13.2. The van der Waals surface area contributed by atoms with Gasteiger partial charge in [0.15, 0.2) is 0 Å². The second-order valence-corrected chi connectivity index (χ2v) is 10.2. The Bertz CT molecular complexity index is 1060. The van der Waals surface area contributed by atoms with Crippen LogP contribution in [0.2, 0.25) is 5.02 Å². The van der Waals surface area contributed by atoms with Gasteiger partial charge >= 0.3 is 0 Å². The molecule has 9 heteroatoms. The first kappa shape index (κ1) is 26.7. The molecule has 2 aromatic rings. The van der Waals surface area contributed by atoms with Crippen molar-refractivity contribution in [2.75, 3.05) is 23.7 Å². The molecular weight excluding hydrogens is 462 g/mol. The maximum atomic E-state index is 13.5. The van der Waals surface area contributed by atoms with Crippen molar-refractivity contribution in [1.82, 2.24) is 10.2 Å². The number of hydrogen-bond acceptors (Lipinski definition) is 4. The monoisotopic (exact) mass is 493 g/mol. The van der Waals surface area contributed by atoms with Crippen LogP contribution in [0.3, 0.4) is 0 Å². The van der Waals surface area contributed by atoms with Crippen molar-refractivity contribution in [2.45, 2.75) is 46.2 Å². The maximum absolute atomic E-state index is 13.5. The first-order valence-electron chi connectivity index (χ1n) is 11.0. The number of nitrogens with zero attached hydrogens (tertiary/aromatic N) is 2. The predicted octanol–water partition coefficient (Wildman–Crippen LogP) is 3.61. The van der Waals surface area contributed by atoms with Crippen LogP contribution in [0.4, 0.5) is 5.69 Å². The molecule has 2 amide bonds. The van der Waals surface area contributed by atoms with E-state index in [1.54, 1.807) is 43.3 Å². The van der Waals surface area contributed by atoms with Crippen molar-refractivity contribution < 1.29 is 18.0 Å². The number of nitrogens with one attached hydrogen (secondary N) is 1. The fourth-order valence-electron chi connectivity index (χ4n) is 3.41. The maximum Gasteiger partial charge on any atom is 0.244 e. The van der Waals surface area contributed by atoms with Crippen LogP contribution in [0.25, 0.3) is 0 Å². The zero-order valence-electron chi connectivity index (χ0n) is 19.5. The first-order chi connectivity index (χ1) is 15.6. The summed E-state index contributed by atoms with van der Waals surface area (Å²) in [6.07, 6.45) is 2.45. The Morgan fingerprint density at radius 2 is 1.70 bits per heavy atom. The molecule has 0 aliphatic rings. The number of carbonyl (C=O) groups is 2. The Hall–Kier alpha value is -2.58. The number of sulfonamides is 1. The summed E-state index contributed by atoms with van der Waals surface area (Å²) in [4.78, 5) is 27.6. The standard InChI is InChI=1S/C24H32ClN3O4S/c1-5-15-26-24(30)18(3)27(16-19-11-13-21(25)14-12-19)23(29)17-28(33(4,31)32)22-10-8-7-9-20(22)6-2/h7-14,18H,5-6,15-17H2,1-4H3,(H,26,30). The van der Waals surface area contributed by atoms with Gasteiger partial charge in [-0.1, -0.05) is 55.8 Å². The molecule has 0 saturated heterocycles. The van der Waals surface area contributed by atoms with Gasteiger partial charge in [0.05, 0.1) is 11.9 Å². The lowest BCUT2D eigenvalue weighted by Gasteiger charge is -2.32. The molecule has 0 bridgehead atoms. The van der Waals surface area contributed by atoms with Crippen molar-refractivity contribution in [3.63, 3.8) is 0 Å².